The van der Waals surface area contributed by atoms with Crippen LogP contribution in [-0.4, -0.2) is 29.9 Å². The minimum absolute atomic E-state index is 0.723. The molecule has 6 nitrogen and oxygen atoms in total. The van der Waals surface area contributed by atoms with Crippen LogP contribution < -0.4 is 0 Å². The number of imidazole rings is 3. The van der Waals surface area contributed by atoms with E-state index in [1.807, 2.05) is 13.8 Å². The zero-order valence-corrected chi connectivity index (χ0v) is 9.57. The van der Waals surface area contributed by atoms with Crippen LogP contribution in [0.5, 0.6) is 0 Å². The Bertz CT molecular complexity index is 590. The minimum atomic E-state index is 0.723. The van der Waals surface area contributed by atoms with Gasteiger partial charge >= 0.3 is 0 Å². The highest BCUT2D eigenvalue weighted by Gasteiger charge is 2.09. The van der Waals surface area contributed by atoms with Gasteiger partial charge in [-0.1, -0.05) is 0 Å². The molecule has 0 saturated carbocycles. The third-order valence-electron chi connectivity index (χ3n) is 2.50. The van der Waals surface area contributed by atoms with Crippen molar-refractivity contribution in [3.8, 4) is 23.0 Å². The summed E-state index contributed by atoms with van der Waals surface area (Å²) in [6, 6.07) is 0. The summed E-state index contributed by atoms with van der Waals surface area (Å²) in [7, 11) is 0. The second-order valence-corrected chi connectivity index (χ2v) is 3.94. The van der Waals surface area contributed by atoms with Crippen LogP contribution in [-0.2, 0) is 0 Å². The van der Waals surface area contributed by atoms with Crippen LogP contribution >= 0.6 is 0 Å². The smallest absolute Gasteiger partial charge is 0.174 e. The fourth-order valence-corrected chi connectivity index (χ4v) is 1.67. The third kappa shape index (κ3) is 1.73. The Labute approximate surface area is 97.6 Å². The van der Waals surface area contributed by atoms with E-state index in [0.29, 0.717) is 0 Å². The van der Waals surface area contributed by atoms with E-state index in [4.69, 9.17) is 0 Å². The first-order valence-corrected chi connectivity index (χ1v) is 5.31. The number of rotatable bonds is 2. The van der Waals surface area contributed by atoms with Crippen molar-refractivity contribution >= 4 is 0 Å². The quantitative estimate of drug-likeness (QED) is 0.625. The maximum atomic E-state index is 4.29. The van der Waals surface area contributed by atoms with E-state index < -0.39 is 0 Å². The lowest BCUT2D eigenvalue weighted by Crippen LogP contribution is -1.83. The van der Waals surface area contributed by atoms with Crippen LogP contribution in [0.1, 0.15) is 11.5 Å². The van der Waals surface area contributed by atoms with Crippen LogP contribution in [0.2, 0.25) is 0 Å². The van der Waals surface area contributed by atoms with Crippen molar-refractivity contribution in [1.29, 1.82) is 0 Å². The average molecular weight is 228 g/mol. The molecule has 3 aromatic rings. The molecule has 0 saturated heterocycles. The summed E-state index contributed by atoms with van der Waals surface area (Å²) < 4.78 is 0. The summed E-state index contributed by atoms with van der Waals surface area (Å²) in [5, 5.41) is 0. The van der Waals surface area contributed by atoms with Gasteiger partial charge in [0, 0.05) is 11.9 Å². The predicted molar refractivity (Wildman–Crippen MR) is 63.2 cm³/mol. The Morgan fingerprint density at radius 2 is 1.41 bits per heavy atom. The minimum Gasteiger partial charge on any atom is -0.341 e. The lowest BCUT2D eigenvalue weighted by molar-refractivity contribution is 1.15. The van der Waals surface area contributed by atoms with Crippen LogP contribution in [0.15, 0.2) is 18.6 Å². The van der Waals surface area contributed by atoms with E-state index in [9.17, 15) is 0 Å². The molecule has 0 aliphatic heterocycles. The fourth-order valence-electron chi connectivity index (χ4n) is 1.67. The molecular formula is C11H12N6. The number of nitrogens with one attached hydrogen (secondary N) is 3. The van der Waals surface area contributed by atoms with Crippen LogP contribution in [0, 0.1) is 13.8 Å². The topological polar surface area (TPSA) is 86.0 Å². The molecule has 0 fully saturated rings. The predicted octanol–water partition coefficient (Wildman–Crippen LogP) is 1.81. The summed E-state index contributed by atoms with van der Waals surface area (Å²) in [6.07, 6.45) is 5.32. The van der Waals surface area contributed by atoms with Crippen LogP contribution in [0.3, 0.4) is 0 Å². The van der Waals surface area contributed by atoms with Gasteiger partial charge in [0.15, 0.2) is 11.6 Å². The van der Waals surface area contributed by atoms with E-state index >= 15 is 0 Å². The van der Waals surface area contributed by atoms with Crippen LogP contribution in [0.4, 0.5) is 0 Å². The van der Waals surface area contributed by atoms with E-state index in [-0.39, 0.29) is 0 Å². The van der Waals surface area contributed by atoms with Gasteiger partial charge < -0.3 is 15.0 Å². The molecular weight excluding hydrogens is 216 g/mol. The van der Waals surface area contributed by atoms with Gasteiger partial charge in [-0.15, -0.1) is 0 Å². The molecule has 86 valence electrons. The summed E-state index contributed by atoms with van der Waals surface area (Å²) >= 11 is 0. The first-order chi connectivity index (χ1) is 8.22. The lowest BCUT2D eigenvalue weighted by atomic mass is 10.4. The molecule has 6 heteroatoms. The zero-order valence-electron chi connectivity index (χ0n) is 9.57. The molecule has 0 aliphatic carbocycles. The number of H-pyrrole nitrogens is 3. The van der Waals surface area contributed by atoms with Gasteiger partial charge in [-0.05, 0) is 13.8 Å². The highest BCUT2D eigenvalue weighted by atomic mass is 15.0. The average Bonchev–Trinajstić information content (AvgIpc) is 2.96. The summed E-state index contributed by atoms with van der Waals surface area (Å²) in [5.41, 5.74) is 2.83. The lowest BCUT2D eigenvalue weighted by Gasteiger charge is -1.91. The standard InChI is InChI=1S/C11H12N6/c1-6-3-13-10(15-6)11-14-5-9(17-11)8-4-12-7(2)16-8/h3-5H,1-2H3,(H,12,16)(H,13,15)(H,14,17). The van der Waals surface area contributed by atoms with Gasteiger partial charge in [-0.25, -0.2) is 15.0 Å². The maximum absolute atomic E-state index is 4.29. The van der Waals surface area contributed by atoms with Crippen molar-refractivity contribution < 1.29 is 0 Å². The van der Waals surface area contributed by atoms with Gasteiger partial charge in [0.2, 0.25) is 0 Å². The molecule has 0 amide bonds. The molecule has 17 heavy (non-hydrogen) atoms. The first kappa shape index (κ1) is 9.83. The molecule has 0 radical (unpaired) electrons. The first-order valence-electron chi connectivity index (χ1n) is 5.31. The highest BCUT2D eigenvalue weighted by Crippen LogP contribution is 2.18. The monoisotopic (exact) mass is 228 g/mol. The Hall–Kier alpha value is -2.37. The highest BCUT2D eigenvalue weighted by molar-refractivity contribution is 5.57. The van der Waals surface area contributed by atoms with Gasteiger partial charge in [-0.3, -0.25) is 0 Å². The number of aromatic nitrogens is 6. The Balaban J connectivity index is 1.98. The molecule has 3 aromatic heterocycles. The Morgan fingerprint density at radius 3 is 2.06 bits per heavy atom. The van der Waals surface area contributed by atoms with E-state index in [2.05, 4.69) is 29.9 Å². The van der Waals surface area contributed by atoms with Crippen molar-refractivity contribution in [3.05, 3.63) is 30.1 Å². The molecule has 0 aliphatic rings. The number of hydrogen-bond acceptors (Lipinski definition) is 3. The van der Waals surface area contributed by atoms with Gasteiger partial charge in [0.05, 0.1) is 23.8 Å². The van der Waals surface area contributed by atoms with Gasteiger partial charge in [0.1, 0.15) is 5.82 Å². The maximum Gasteiger partial charge on any atom is 0.174 e. The Kier molecular flexibility index (Phi) is 2.07. The largest absolute Gasteiger partial charge is 0.341 e. The zero-order chi connectivity index (χ0) is 11.8. The van der Waals surface area contributed by atoms with Crippen molar-refractivity contribution in [2.24, 2.45) is 0 Å². The third-order valence-corrected chi connectivity index (χ3v) is 2.50. The SMILES string of the molecule is Cc1cnc(-c2ncc(-c3cnc(C)[nH]3)[nH]2)[nH]1. The molecule has 3 N–H and O–H groups in total. The molecule has 0 unspecified atom stereocenters. The molecule has 0 bridgehead atoms. The van der Waals surface area contributed by atoms with Gasteiger partial charge in [0.25, 0.3) is 0 Å². The molecule has 0 spiro atoms. The molecule has 0 aromatic carbocycles. The van der Waals surface area contributed by atoms with Crippen molar-refractivity contribution in [2.45, 2.75) is 13.8 Å². The summed E-state index contributed by atoms with van der Waals surface area (Å²) in [4.78, 5) is 22.1. The molecule has 3 heterocycles. The summed E-state index contributed by atoms with van der Waals surface area (Å²) in [5.74, 6) is 2.34. The fraction of sp³-hybridized carbons (Fsp3) is 0.182. The second-order valence-electron chi connectivity index (χ2n) is 3.94. The van der Waals surface area contributed by atoms with E-state index in [0.717, 1.165) is 34.6 Å². The van der Waals surface area contributed by atoms with Crippen molar-refractivity contribution in [2.75, 3.05) is 0 Å². The molecule has 0 atom stereocenters. The van der Waals surface area contributed by atoms with E-state index in [1.165, 1.54) is 0 Å². The number of aryl methyl sites for hydroxylation is 2. The number of hydrogen-bond donors (Lipinski definition) is 3. The number of nitrogens with zero attached hydrogens (tertiary/aromatic N) is 3. The van der Waals surface area contributed by atoms with Crippen LogP contribution in [0.25, 0.3) is 23.0 Å². The van der Waals surface area contributed by atoms with Crippen molar-refractivity contribution in [1.82, 2.24) is 29.9 Å². The Morgan fingerprint density at radius 1 is 0.765 bits per heavy atom. The van der Waals surface area contributed by atoms with Crippen molar-refractivity contribution in [3.63, 3.8) is 0 Å². The van der Waals surface area contributed by atoms with Gasteiger partial charge in [-0.2, -0.15) is 0 Å². The second kappa shape index (κ2) is 3.58. The normalized spacial score (nSPS) is 10.9. The summed E-state index contributed by atoms with van der Waals surface area (Å²) in [6.45, 7) is 3.87. The molecule has 3 rings (SSSR count). The number of aromatic amines is 3. The van der Waals surface area contributed by atoms with E-state index in [1.54, 1.807) is 18.6 Å².